The van der Waals surface area contributed by atoms with Gasteiger partial charge in [0.05, 0.1) is 6.42 Å². The van der Waals surface area contributed by atoms with Crippen molar-refractivity contribution < 1.29 is 9.59 Å². The lowest BCUT2D eigenvalue weighted by Gasteiger charge is -2.30. The smallest absolute Gasteiger partial charge is 0.230 e. The van der Waals surface area contributed by atoms with Crippen LogP contribution in [0.5, 0.6) is 0 Å². The van der Waals surface area contributed by atoms with Crippen molar-refractivity contribution in [3.8, 4) is 0 Å². The monoisotopic (exact) mass is 183 g/mol. The van der Waals surface area contributed by atoms with Crippen LogP contribution in [0.3, 0.4) is 0 Å². The number of Topliss-reactive ketones (excluding diaryl/α,β-unsaturated/α-hetero) is 1. The first-order valence-electron chi connectivity index (χ1n) is 4.87. The molecule has 1 rings (SSSR count). The highest BCUT2D eigenvalue weighted by atomic mass is 16.2. The average Bonchev–Trinajstić information content (AvgIpc) is 2.03. The molecular formula is C10H17NO2. The average molecular weight is 183 g/mol. The van der Waals surface area contributed by atoms with E-state index >= 15 is 0 Å². The maximum atomic E-state index is 11.5. The largest absolute Gasteiger partial charge is 0.342 e. The molecule has 0 aliphatic carbocycles. The molecule has 1 heterocycles. The van der Waals surface area contributed by atoms with Gasteiger partial charge >= 0.3 is 0 Å². The Balaban J connectivity index is 2.41. The zero-order valence-corrected chi connectivity index (χ0v) is 8.38. The quantitative estimate of drug-likeness (QED) is 0.604. The summed E-state index contributed by atoms with van der Waals surface area (Å²) in [5.41, 5.74) is 0. The molecule has 1 fully saturated rings. The molecule has 0 bridgehead atoms. The summed E-state index contributed by atoms with van der Waals surface area (Å²) >= 11 is 0. The topological polar surface area (TPSA) is 37.4 Å². The second-order valence-electron chi connectivity index (χ2n) is 3.97. The number of hydrogen-bond donors (Lipinski definition) is 0. The minimum atomic E-state index is -0.0387. The normalized spacial score (nSPS) is 22.9. The molecule has 13 heavy (non-hydrogen) atoms. The Bertz CT molecular complexity index is 213. The van der Waals surface area contributed by atoms with Crippen molar-refractivity contribution >= 4 is 11.7 Å². The van der Waals surface area contributed by atoms with Crippen LogP contribution in [0, 0.1) is 5.92 Å². The minimum Gasteiger partial charge on any atom is -0.342 e. The van der Waals surface area contributed by atoms with E-state index in [1.54, 1.807) is 0 Å². The molecule has 1 aliphatic rings. The number of likely N-dealkylation sites (tertiary alicyclic amines) is 1. The fourth-order valence-corrected chi connectivity index (χ4v) is 1.74. The number of rotatable bonds is 2. The van der Waals surface area contributed by atoms with E-state index in [4.69, 9.17) is 0 Å². The number of hydrogen-bond acceptors (Lipinski definition) is 2. The third-order valence-electron chi connectivity index (χ3n) is 2.41. The predicted molar refractivity (Wildman–Crippen MR) is 50.3 cm³/mol. The van der Waals surface area contributed by atoms with Gasteiger partial charge in [-0.05, 0) is 25.7 Å². The van der Waals surface area contributed by atoms with Gasteiger partial charge in [0.2, 0.25) is 5.91 Å². The Morgan fingerprint density at radius 3 is 2.69 bits per heavy atom. The standard InChI is InChI=1S/C10H17NO2/c1-8-4-3-5-11(7-8)10(13)6-9(2)12/h8H,3-7H2,1-2H3. The highest BCUT2D eigenvalue weighted by molar-refractivity contribution is 5.96. The zero-order valence-electron chi connectivity index (χ0n) is 8.38. The molecule has 1 saturated heterocycles. The minimum absolute atomic E-state index is 0.000880. The Kier molecular flexibility index (Phi) is 3.46. The highest BCUT2D eigenvalue weighted by Crippen LogP contribution is 2.15. The molecule has 1 unspecified atom stereocenters. The molecule has 3 heteroatoms. The summed E-state index contributed by atoms with van der Waals surface area (Å²) in [7, 11) is 0. The summed E-state index contributed by atoms with van der Waals surface area (Å²) in [5.74, 6) is 0.548. The van der Waals surface area contributed by atoms with Gasteiger partial charge in [-0.25, -0.2) is 0 Å². The fourth-order valence-electron chi connectivity index (χ4n) is 1.74. The van der Waals surface area contributed by atoms with Gasteiger partial charge < -0.3 is 4.90 Å². The van der Waals surface area contributed by atoms with Crippen LogP contribution in [0.1, 0.15) is 33.1 Å². The first-order valence-corrected chi connectivity index (χ1v) is 4.87. The number of carbonyl (C=O) groups is 2. The first-order chi connectivity index (χ1) is 6.09. The Morgan fingerprint density at radius 2 is 2.15 bits per heavy atom. The summed E-state index contributed by atoms with van der Waals surface area (Å²) in [6.45, 7) is 5.26. The van der Waals surface area contributed by atoms with Crippen LogP contribution in [-0.4, -0.2) is 29.7 Å². The van der Waals surface area contributed by atoms with Crippen molar-refractivity contribution in [3.05, 3.63) is 0 Å². The first kappa shape index (κ1) is 10.2. The van der Waals surface area contributed by atoms with Crippen molar-refractivity contribution in [2.75, 3.05) is 13.1 Å². The van der Waals surface area contributed by atoms with Gasteiger partial charge in [-0.2, -0.15) is 0 Å². The number of piperidine rings is 1. The molecule has 74 valence electrons. The molecule has 0 spiro atoms. The van der Waals surface area contributed by atoms with Gasteiger partial charge in [0.25, 0.3) is 0 Å². The summed E-state index contributed by atoms with van der Waals surface area (Å²) in [6, 6.07) is 0. The number of ketones is 1. The van der Waals surface area contributed by atoms with E-state index in [2.05, 4.69) is 6.92 Å². The van der Waals surface area contributed by atoms with Gasteiger partial charge in [0.15, 0.2) is 0 Å². The van der Waals surface area contributed by atoms with Gasteiger partial charge in [-0.15, -0.1) is 0 Å². The van der Waals surface area contributed by atoms with Crippen LogP contribution in [-0.2, 0) is 9.59 Å². The molecule has 0 radical (unpaired) electrons. The second-order valence-corrected chi connectivity index (χ2v) is 3.97. The molecule has 3 nitrogen and oxygen atoms in total. The van der Waals surface area contributed by atoms with Crippen LogP contribution in [0.25, 0.3) is 0 Å². The lowest BCUT2D eigenvalue weighted by Crippen LogP contribution is -2.39. The highest BCUT2D eigenvalue weighted by Gasteiger charge is 2.21. The van der Waals surface area contributed by atoms with Crippen molar-refractivity contribution in [2.45, 2.75) is 33.1 Å². The van der Waals surface area contributed by atoms with Gasteiger partial charge in [0.1, 0.15) is 5.78 Å². The third-order valence-corrected chi connectivity index (χ3v) is 2.41. The maximum Gasteiger partial charge on any atom is 0.230 e. The van der Waals surface area contributed by atoms with E-state index in [1.807, 2.05) is 4.90 Å². The van der Waals surface area contributed by atoms with E-state index in [1.165, 1.54) is 13.3 Å². The lowest BCUT2D eigenvalue weighted by atomic mass is 10.00. The third kappa shape index (κ3) is 3.17. The van der Waals surface area contributed by atoms with Crippen molar-refractivity contribution in [3.63, 3.8) is 0 Å². The molecule has 0 aromatic carbocycles. The van der Waals surface area contributed by atoms with Crippen molar-refractivity contribution in [1.82, 2.24) is 4.90 Å². The van der Waals surface area contributed by atoms with Crippen LogP contribution in [0.15, 0.2) is 0 Å². The lowest BCUT2D eigenvalue weighted by molar-refractivity contribution is -0.136. The van der Waals surface area contributed by atoms with Gasteiger partial charge in [-0.3, -0.25) is 9.59 Å². The van der Waals surface area contributed by atoms with E-state index in [-0.39, 0.29) is 18.1 Å². The van der Waals surface area contributed by atoms with E-state index in [0.717, 1.165) is 19.5 Å². The van der Waals surface area contributed by atoms with Crippen LogP contribution < -0.4 is 0 Å². The number of carbonyl (C=O) groups excluding carboxylic acids is 2. The van der Waals surface area contributed by atoms with Crippen LogP contribution in [0.4, 0.5) is 0 Å². The van der Waals surface area contributed by atoms with Crippen molar-refractivity contribution in [1.29, 1.82) is 0 Å². The van der Waals surface area contributed by atoms with E-state index in [0.29, 0.717) is 5.92 Å². The zero-order chi connectivity index (χ0) is 9.84. The van der Waals surface area contributed by atoms with Crippen LogP contribution >= 0.6 is 0 Å². The SMILES string of the molecule is CC(=O)CC(=O)N1CCCC(C)C1. The summed E-state index contributed by atoms with van der Waals surface area (Å²) in [5, 5.41) is 0. The summed E-state index contributed by atoms with van der Waals surface area (Å²) in [4.78, 5) is 24.0. The summed E-state index contributed by atoms with van der Waals surface area (Å²) < 4.78 is 0. The Labute approximate surface area is 79.1 Å². The second kappa shape index (κ2) is 4.40. The van der Waals surface area contributed by atoms with Gasteiger partial charge in [0, 0.05) is 13.1 Å². The molecule has 0 aromatic rings. The van der Waals surface area contributed by atoms with Crippen molar-refractivity contribution in [2.24, 2.45) is 5.92 Å². The van der Waals surface area contributed by atoms with Gasteiger partial charge in [-0.1, -0.05) is 6.92 Å². The maximum absolute atomic E-state index is 11.5. The predicted octanol–water partition coefficient (Wildman–Crippen LogP) is 1.22. The molecule has 1 atom stereocenters. The molecule has 1 aliphatic heterocycles. The number of nitrogens with zero attached hydrogens (tertiary/aromatic N) is 1. The molecule has 0 N–H and O–H groups in total. The summed E-state index contributed by atoms with van der Waals surface area (Å²) in [6.07, 6.45) is 2.35. The molecule has 0 aromatic heterocycles. The van der Waals surface area contributed by atoms with E-state index < -0.39 is 0 Å². The fraction of sp³-hybridized carbons (Fsp3) is 0.800. The number of amides is 1. The van der Waals surface area contributed by atoms with Crippen LogP contribution in [0.2, 0.25) is 0 Å². The van der Waals surface area contributed by atoms with E-state index in [9.17, 15) is 9.59 Å². The molecular weight excluding hydrogens is 166 g/mol. The Hall–Kier alpha value is -0.860. The molecule has 0 saturated carbocycles. The Morgan fingerprint density at radius 1 is 1.46 bits per heavy atom. The molecule has 1 amide bonds.